The van der Waals surface area contributed by atoms with E-state index in [9.17, 15) is 14.4 Å². The molecular formula is C23H22ClN3O3. The van der Waals surface area contributed by atoms with Gasteiger partial charge in [0.2, 0.25) is 11.8 Å². The van der Waals surface area contributed by atoms with Gasteiger partial charge in [-0.1, -0.05) is 42.0 Å². The average Bonchev–Trinajstić information content (AvgIpc) is 2.76. The molecule has 1 saturated heterocycles. The largest absolute Gasteiger partial charge is 0.337 e. The molecule has 154 valence electrons. The summed E-state index contributed by atoms with van der Waals surface area (Å²) in [7, 11) is 1.71. The third-order valence-electron chi connectivity index (χ3n) is 5.54. The van der Waals surface area contributed by atoms with Gasteiger partial charge in [-0.3, -0.25) is 19.8 Å². The number of hydrazine groups is 1. The van der Waals surface area contributed by atoms with Crippen molar-refractivity contribution in [3.63, 3.8) is 0 Å². The Hall–Kier alpha value is -3.12. The van der Waals surface area contributed by atoms with Crippen LogP contribution in [0, 0.1) is 11.8 Å². The molecule has 0 radical (unpaired) electrons. The number of carbonyl (C=O) groups excluding carboxylic acids is 3. The lowest BCUT2D eigenvalue weighted by molar-refractivity contribution is -0.139. The van der Waals surface area contributed by atoms with Crippen molar-refractivity contribution in [1.29, 1.82) is 0 Å². The third kappa shape index (κ3) is 3.96. The molecule has 1 aliphatic carbocycles. The van der Waals surface area contributed by atoms with Crippen molar-refractivity contribution in [1.82, 2.24) is 10.3 Å². The van der Waals surface area contributed by atoms with E-state index in [4.69, 9.17) is 11.6 Å². The molecule has 6 nitrogen and oxygen atoms in total. The van der Waals surface area contributed by atoms with Crippen molar-refractivity contribution in [2.45, 2.75) is 19.4 Å². The minimum Gasteiger partial charge on any atom is -0.337 e. The van der Waals surface area contributed by atoms with Gasteiger partial charge in [-0.2, -0.15) is 0 Å². The van der Waals surface area contributed by atoms with Gasteiger partial charge in [0.15, 0.2) is 0 Å². The Balaban J connectivity index is 1.53. The van der Waals surface area contributed by atoms with Gasteiger partial charge in [-0.05, 0) is 48.7 Å². The fourth-order valence-corrected chi connectivity index (χ4v) is 4.17. The Morgan fingerprint density at radius 3 is 2.60 bits per heavy atom. The Morgan fingerprint density at radius 2 is 1.83 bits per heavy atom. The smallest absolute Gasteiger partial charge is 0.253 e. The van der Waals surface area contributed by atoms with Crippen LogP contribution in [0.2, 0.25) is 5.02 Å². The van der Waals surface area contributed by atoms with Gasteiger partial charge in [0.1, 0.15) is 0 Å². The maximum atomic E-state index is 13.0. The first-order valence-corrected chi connectivity index (χ1v) is 10.2. The molecular weight excluding hydrogens is 402 g/mol. The Bertz CT molecular complexity index is 1040. The van der Waals surface area contributed by atoms with Gasteiger partial charge in [-0.25, -0.2) is 5.01 Å². The quantitative estimate of drug-likeness (QED) is 0.764. The van der Waals surface area contributed by atoms with Crippen LogP contribution in [0.5, 0.6) is 0 Å². The summed E-state index contributed by atoms with van der Waals surface area (Å²) in [6.07, 6.45) is 5.01. The van der Waals surface area contributed by atoms with E-state index in [0.29, 0.717) is 35.7 Å². The Morgan fingerprint density at radius 1 is 1.10 bits per heavy atom. The van der Waals surface area contributed by atoms with Crippen molar-refractivity contribution in [3.8, 4) is 0 Å². The summed E-state index contributed by atoms with van der Waals surface area (Å²) < 4.78 is 0. The third-order valence-corrected chi connectivity index (χ3v) is 5.77. The molecule has 1 heterocycles. The zero-order valence-electron chi connectivity index (χ0n) is 16.5. The molecule has 0 bridgehead atoms. The molecule has 0 aromatic heterocycles. The average molecular weight is 424 g/mol. The number of nitrogens with zero attached hydrogens (tertiary/aromatic N) is 2. The summed E-state index contributed by atoms with van der Waals surface area (Å²) >= 11 is 6.03. The van der Waals surface area contributed by atoms with Gasteiger partial charge in [0.05, 0.1) is 17.5 Å². The number of hydrogen-bond acceptors (Lipinski definition) is 3. The van der Waals surface area contributed by atoms with Gasteiger partial charge >= 0.3 is 0 Å². The fraction of sp³-hybridized carbons (Fsp3) is 0.261. The van der Waals surface area contributed by atoms with Crippen molar-refractivity contribution in [3.05, 3.63) is 76.8 Å². The van der Waals surface area contributed by atoms with Crippen LogP contribution in [0.1, 0.15) is 28.8 Å². The molecule has 2 aliphatic rings. The second-order valence-corrected chi connectivity index (χ2v) is 8.08. The molecule has 3 amide bonds. The minimum atomic E-state index is -0.367. The van der Waals surface area contributed by atoms with Crippen molar-refractivity contribution in [2.24, 2.45) is 11.8 Å². The van der Waals surface area contributed by atoms with Crippen LogP contribution in [0.3, 0.4) is 0 Å². The number of rotatable bonds is 4. The van der Waals surface area contributed by atoms with E-state index in [0.717, 1.165) is 5.56 Å². The Kier molecular flexibility index (Phi) is 5.59. The van der Waals surface area contributed by atoms with Crippen molar-refractivity contribution in [2.75, 3.05) is 12.1 Å². The fourth-order valence-electron chi connectivity index (χ4n) is 3.96. The molecule has 1 N–H and O–H groups in total. The molecule has 7 heteroatoms. The molecule has 0 spiro atoms. The molecule has 1 fully saturated rings. The van der Waals surface area contributed by atoms with E-state index in [-0.39, 0.29) is 29.6 Å². The highest BCUT2D eigenvalue weighted by Crippen LogP contribution is 2.32. The lowest BCUT2D eigenvalue weighted by Crippen LogP contribution is -2.59. The first-order chi connectivity index (χ1) is 14.4. The van der Waals surface area contributed by atoms with Crippen molar-refractivity contribution < 1.29 is 14.4 Å². The number of allylic oxidation sites excluding steroid dienone is 2. The summed E-state index contributed by atoms with van der Waals surface area (Å²) in [4.78, 5) is 40.0. The van der Waals surface area contributed by atoms with Crippen LogP contribution < -0.4 is 10.4 Å². The van der Waals surface area contributed by atoms with Crippen LogP contribution in [-0.4, -0.2) is 29.7 Å². The molecule has 2 unspecified atom stereocenters. The summed E-state index contributed by atoms with van der Waals surface area (Å²) in [6, 6.07) is 14.1. The van der Waals surface area contributed by atoms with E-state index in [1.807, 2.05) is 30.4 Å². The monoisotopic (exact) mass is 423 g/mol. The van der Waals surface area contributed by atoms with E-state index in [2.05, 4.69) is 5.43 Å². The van der Waals surface area contributed by atoms with Gasteiger partial charge in [-0.15, -0.1) is 0 Å². The number of amides is 3. The van der Waals surface area contributed by atoms with Crippen LogP contribution in [0.4, 0.5) is 5.69 Å². The molecule has 2 aromatic carbocycles. The highest BCUT2D eigenvalue weighted by molar-refractivity contribution is 6.30. The van der Waals surface area contributed by atoms with Crippen molar-refractivity contribution >= 4 is 35.0 Å². The maximum Gasteiger partial charge on any atom is 0.253 e. The molecule has 30 heavy (non-hydrogen) atoms. The first-order valence-electron chi connectivity index (χ1n) is 9.83. The standard InChI is InChI=1S/C23H22ClN3O3/c1-26(14-15-6-4-8-17(24)12-15)22(29)16-7-5-9-18(13-16)27-23(30)20-11-3-2-10-19(20)21(28)25-27/h2-9,12-13,19-20H,10-11,14H2,1H3,(H,25,28). The van der Waals surface area contributed by atoms with Crippen LogP contribution >= 0.6 is 11.6 Å². The molecule has 0 saturated carbocycles. The number of benzene rings is 2. The van der Waals surface area contributed by atoms with Crippen LogP contribution in [0.15, 0.2) is 60.7 Å². The number of carbonyl (C=O) groups is 3. The number of anilines is 1. The normalized spacial score (nSPS) is 20.5. The number of fused-ring (bicyclic) bond motifs is 1. The molecule has 1 aliphatic heterocycles. The summed E-state index contributed by atoms with van der Waals surface area (Å²) in [6.45, 7) is 0.402. The summed E-state index contributed by atoms with van der Waals surface area (Å²) in [5.74, 6) is -1.20. The van der Waals surface area contributed by atoms with E-state index < -0.39 is 0 Å². The summed E-state index contributed by atoms with van der Waals surface area (Å²) in [5.41, 5.74) is 4.53. The first kappa shape index (κ1) is 20.2. The zero-order valence-corrected chi connectivity index (χ0v) is 17.3. The lowest BCUT2D eigenvalue weighted by Gasteiger charge is -2.38. The molecule has 4 rings (SSSR count). The predicted octanol–water partition coefficient (Wildman–Crippen LogP) is 3.57. The second kappa shape index (κ2) is 8.32. The van der Waals surface area contributed by atoms with Gasteiger partial charge < -0.3 is 4.90 Å². The number of hydrogen-bond donors (Lipinski definition) is 1. The predicted molar refractivity (Wildman–Crippen MR) is 115 cm³/mol. The van der Waals surface area contributed by atoms with Gasteiger partial charge in [0.25, 0.3) is 5.91 Å². The highest BCUT2D eigenvalue weighted by Gasteiger charge is 2.42. The van der Waals surface area contributed by atoms with Crippen LogP contribution in [-0.2, 0) is 16.1 Å². The topological polar surface area (TPSA) is 69.7 Å². The number of halogens is 1. The molecule has 2 aromatic rings. The van der Waals surface area contributed by atoms with E-state index in [1.54, 1.807) is 42.3 Å². The lowest BCUT2D eigenvalue weighted by atomic mass is 9.80. The SMILES string of the molecule is CN(Cc1cccc(Cl)c1)C(=O)c1cccc(N2NC(=O)C3CC=CCC3C2=O)c1. The van der Waals surface area contributed by atoms with Crippen LogP contribution in [0.25, 0.3) is 0 Å². The number of nitrogens with one attached hydrogen (secondary N) is 1. The van der Waals surface area contributed by atoms with E-state index >= 15 is 0 Å². The van der Waals surface area contributed by atoms with Gasteiger partial charge in [0, 0.05) is 24.2 Å². The molecule has 2 atom stereocenters. The minimum absolute atomic E-state index is 0.152. The maximum absolute atomic E-state index is 13.0. The zero-order chi connectivity index (χ0) is 21.3. The Labute approximate surface area is 180 Å². The highest BCUT2D eigenvalue weighted by atomic mass is 35.5. The second-order valence-electron chi connectivity index (χ2n) is 7.65. The van der Waals surface area contributed by atoms with E-state index in [1.165, 1.54) is 5.01 Å². The summed E-state index contributed by atoms with van der Waals surface area (Å²) in [5, 5.41) is 1.89.